The third-order valence-corrected chi connectivity index (χ3v) is 4.90. The van der Waals surface area contributed by atoms with E-state index >= 15 is 0 Å². The van der Waals surface area contributed by atoms with E-state index in [1.807, 2.05) is 66.7 Å². The molecule has 2 aromatic carbocycles. The summed E-state index contributed by atoms with van der Waals surface area (Å²) < 4.78 is 5.23. The number of carbonyl (C=O) groups is 1. The van der Waals surface area contributed by atoms with E-state index in [-0.39, 0.29) is 17.7 Å². The number of carbonyl (C=O) groups excluding carboxylic acids is 1. The lowest BCUT2D eigenvalue weighted by Crippen LogP contribution is -2.29. The summed E-state index contributed by atoms with van der Waals surface area (Å²) in [6.07, 6.45) is 3.43. The first kappa shape index (κ1) is 17.8. The number of nitrogens with zero attached hydrogens (tertiary/aromatic N) is 2. The normalized spacial score (nSPS) is 16.5. The highest BCUT2D eigenvalue weighted by Gasteiger charge is 2.40. The van der Waals surface area contributed by atoms with Gasteiger partial charge in [-0.05, 0) is 34.9 Å². The van der Waals surface area contributed by atoms with Crippen molar-refractivity contribution in [3.8, 4) is 5.75 Å². The maximum absolute atomic E-state index is 13.0. The first-order chi connectivity index (χ1) is 13.7. The maximum Gasteiger partial charge on any atom is 0.290 e. The Morgan fingerprint density at radius 2 is 1.79 bits per heavy atom. The molecule has 4 rings (SSSR count). The molecule has 0 saturated carbocycles. The summed E-state index contributed by atoms with van der Waals surface area (Å²) in [5, 5.41) is 10.8. The number of rotatable bonds is 5. The van der Waals surface area contributed by atoms with Gasteiger partial charge in [0, 0.05) is 24.5 Å². The van der Waals surface area contributed by atoms with Gasteiger partial charge in [-0.25, -0.2) is 0 Å². The summed E-state index contributed by atoms with van der Waals surface area (Å²) in [5.41, 5.74) is 3.23. The number of hydrogen-bond donors (Lipinski definition) is 1. The number of ether oxygens (including phenoxy) is 1. The Kier molecular flexibility index (Phi) is 4.81. The van der Waals surface area contributed by atoms with E-state index in [0.717, 1.165) is 22.4 Å². The van der Waals surface area contributed by atoms with E-state index in [2.05, 4.69) is 4.98 Å². The van der Waals surface area contributed by atoms with Crippen LogP contribution >= 0.6 is 0 Å². The van der Waals surface area contributed by atoms with Crippen molar-refractivity contribution in [3.05, 3.63) is 102 Å². The summed E-state index contributed by atoms with van der Waals surface area (Å²) in [7, 11) is 1.60. The van der Waals surface area contributed by atoms with Crippen LogP contribution in [0.4, 0.5) is 0 Å². The first-order valence-corrected chi connectivity index (χ1v) is 9.01. The Bertz CT molecular complexity index is 999. The van der Waals surface area contributed by atoms with Crippen molar-refractivity contribution in [1.82, 2.24) is 9.88 Å². The van der Waals surface area contributed by atoms with Crippen molar-refractivity contribution in [1.29, 1.82) is 0 Å². The largest absolute Gasteiger partial charge is 0.503 e. The van der Waals surface area contributed by atoms with Crippen LogP contribution in [-0.4, -0.2) is 28.0 Å². The van der Waals surface area contributed by atoms with Gasteiger partial charge in [0.2, 0.25) is 0 Å². The molecule has 0 fully saturated rings. The van der Waals surface area contributed by atoms with Crippen LogP contribution in [0, 0.1) is 0 Å². The van der Waals surface area contributed by atoms with Gasteiger partial charge in [0.05, 0.1) is 13.2 Å². The second-order valence-electron chi connectivity index (χ2n) is 6.60. The van der Waals surface area contributed by atoms with Crippen LogP contribution in [0.2, 0.25) is 0 Å². The molecular weight excluding hydrogens is 352 g/mol. The Morgan fingerprint density at radius 1 is 1.04 bits per heavy atom. The molecule has 0 aliphatic carbocycles. The number of benzene rings is 2. The van der Waals surface area contributed by atoms with Gasteiger partial charge in [-0.3, -0.25) is 9.78 Å². The molecule has 3 aromatic rings. The van der Waals surface area contributed by atoms with E-state index in [1.165, 1.54) is 0 Å². The summed E-state index contributed by atoms with van der Waals surface area (Å²) >= 11 is 0. The van der Waals surface area contributed by atoms with Crippen LogP contribution in [0.1, 0.15) is 22.7 Å². The number of aromatic nitrogens is 1. The first-order valence-electron chi connectivity index (χ1n) is 9.01. The highest BCUT2D eigenvalue weighted by Crippen LogP contribution is 2.43. The highest BCUT2D eigenvalue weighted by atomic mass is 16.5. The summed E-state index contributed by atoms with van der Waals surface area (Å²) in [5.74, 6) is 0.114. The van der Waals surface area contributed by atoms with Gasteiger partial charge in [-0.15, -0.1) is 0 Å². The van der Waals surface area contributed by atoms with E-state index in [9.17, 15) is 9.90 Å². The van der Waals surface area contributed by atoms with Crippen molar-refractivity contribution in [3.63, 3.8) is 0 Å². The van der Waals surface area contributed by atoms with Gasteiger partial charge in [-0.1, -0.05) is 48.5 Å². The zero-order valence-electron chi connectivity index (χ0n) is 15.4. The minimum absolute atomic E-state index is 0.220. The molecule has 2 heterocycles. The van der Waals surface area contributed by atoms with Crippen LogP contribution in [0.25, 0.3) is 5.57 Å². The van der Waals surface area contributed by atoms with Crippen LogP contribution < -0.4 is 4.74 Å². The minimum Gasteiger partial charge on any atom is -0.503 e. The SMILES string of the molecule is COc1ccc(C2=C(O)C(=O)N(Cc3cccnc3)[C@H]2c2ccccc2)cc1. The van der Waals surface area contributed by atoms with E-state index in [4.69, 9.17) is 4.74 Å². The summed E-state index contributed by atoms with van der Waals surface area (Å²) in [6.45, 7) is 0.357. The molecule has 1 aromatic heterocycles. The number of methoxy groups -OCH3 is 1. The van der Waals surface area contributed by atoms with Crippen LogP contribution in [-0.2, 0) is 11.3 Å². The van der Waals surface area contributed by atoms with Gasteiger partial charge in [0.15, 0.2) is 5.76 Å². The summed E-state index contributed by atoms with van der Waals surface area (Å²) in [6, 6.07) is 20.5. The van der Waals surface area contributed by atoms with Crippen LogP contribution in [0.3, 0.4) is 0 Å². The zero-order valence-corrected chi connectivity index (χ0v) is 15.4. The molecule has 1 aliphatic rings. The van der Waals surface area contributed by atoms with Crippen molar-refractivity contribution < 1.29 is 14.6 Å². The molecule has 140 valence electrons. The highest BCUT2D eigenvalue weighted by molar-refractivity contribution is 6.05. The number of pyridine rings is 1. The molecule has 0 saturated heterocycles. The van der Waals surface area contributed by atoms with Gasteiger partial charge in [0.1, 0.15) is 5.75 Å². The second-order valence-corrected chi connectivity index (χ2v) is 6.60. The lowest BCUT2D eigenvalue weighted by Gasteiger charge is -2.27. The Hall–Kier alpha value is -3.60. The zero-order chi connectivity index (χ0) is 19.5. The van der Waals surface area contributed by atoms with Gasteiger partial charge in [-0.2, -0.15) is 0 Å². The molecule has 1 atom stereocenters. The predicted octanol–water partition coefficient (Wildman–Crippen LogP) is 4.14. The topological polar surface area (TPSA) is 62.7 Å². The number of amides is 1. The van der Waals surface area contributed by atoms with Crippen LogP contribution in [0.5, 0.6) is 5.75 Å². The molecular formula is C23H20N2O3. The summed E-state index contributed by atoms with van der Waals surface area (Å²) in [4.78, 5) is 18.8. The average Bonchev–Trinajstić information content (AvgIpc) is 3.00. The molecule has 1 amide bonds. The molecule has 1 N–H and O–H groups in total. The molecule has 28 heavy (non-hydrogen) atoms. The Labute approximate surface area is 163 Å². The maximum atomic E-state index is 13.0. The molecule has 0 radical (unpaired) electrons. The predicted molar refractivity (Wildman–Crippen MR) is 107 cm³/mol. The van der Waals surface area contributed by atoms with Crippen LogP contribution in [0.15, 0.2) is 84.9 Å². The number of aliphatic hydroxyl groups is 1. The molecule has 1 aliphatic heterocycles. The molecule has 0 bridgehead atoms. The second kappa shape index (κ2) is 7.56. The van der Waals surface area contributed by atoms with E-state index in [1.54, 1.807) is 24.4 Å². The van der Waals surface area contributed by atoms with Crippen molar-refractivity contribution in [2.24, 2.45) is 0 Å². The lowest BCUT2D eigenvalue weighted by molar-refractivity contribution is -0.130. The van der Waals surface area contributed by atoms with Crippen molar-refractivity contribution in [2.75, 3.05) is 7.11 Å². The number of hydrogen-bond acceptors (Lipinski definition) is 4. The molecule has 0 unspecified atom stereocenters. The minimum atomic E-state index is -0.387. The van der Waals surface area contributed by atoms with E-state index in [0.29, 0.717) is 12.1 Å². The fourth-order valence-electron chi connectivity index (χ4n) is 3.55. The Morgan fingerprint density at radius 3 is 2.43 bits per heavy atom. The van der Waals surface area contributed by atoms with Crippen molar-refractivity contribution >= 4 is 11.5 Å². The smallest absolute Gasteiger partial charge is 0.290 e. The van der Waals surface area contributed by atoms with E-state index < -0.39 is 0 Å². The quantitative estimate of drug-likeness (QED) is 0.731. The number of aliphatic hydroxyl groups excluding tert-OH is 1. The third-order valence-electron chi connectivity index (χ3n) is 4.90. The Balaban J connectivity index is 1.79. The van der Waals surface area contributed by atoms with Gasteiger partial charge < -0.3 is 14.7 Å². The molecule has 5 nitrogen and oxygen atoms in total. The fourth-order valence-corrected chi connectivity index (χ4v) is 3.55. The fraction of sp³-hybridized carbons (Fsp3) is 0.130. The third kappa shape index (κ3) is 3.22. The standard InChI is InChI=1S/C23H20N2O3/c1-28-19-11-9-17(10-12-19)20-21(18-7-3-2-4-8-18)25(23(27)22(20)26)15-16-6-5-13-24-14-16/h2-14,21,26H,15H2,1H3/t21-/m0/s1. The molecule has 0 spiro atoms. The lowest BCUT2D eigenvalue weighted by atomic mass is 9.93. The van der Waals surface area contributed by atoms with Gasteiger partial charge >= 0.3 is 0 Å². The van der Waals surface area contributed by atoms with Gasteiger partial charge in [0.25, 0.3) is 5.91 Å². The average molecular weight is 372 g/mol. The monoisotopic (exact) mass is 372 g/mol. The molecule has 5 heteroatoms. The van der Waals surface area contributed by atoms with Crippen molar-refractivity contribution in [2.45, 2.75) is 12.6 Å².